The second-order valence-corrected chi connectivity index (χ2v) is 5.97. The van der Waals surface area contributed by atoms with Crippen LogP contribution in [0.4, 0.5) is 0 Å². The van der Waals surface area contributed by atoms with Gasteiger partial charge in [0.1, 0.15) is 5.82 Å². The fraction of sp³-hybridized carbons (Fsp3) is 0.211. The maximum Gasteiger partial charge on any atom is 0.253 e. The SMILES string of the molecule is N#CCNCc1ccc(-c2nc3cccc4c3n2CCNC4=O)cc1. The molecule has 0 fully saturated rings. The summed E-state index contributed by atoms with van der Waals surface area (Å²) < 4.78 is 2.12. The molecular weight excluding hydrogens is 314 g/mol. The molecule has 0 unspecified atom stereocenters. The van der Waals surface area contributed by atoms with Crippen LogP contribution >= 0.6 is 0 Å². The second-order valence-electron chi connectivity index (χ2n) is 5.97. The minimum atomic E-state index is -0.0466. The van der Waals surface area contributed by atoms with Gasteiger partial charge in [-0.05, 0) is 17.7 Å². The second kappa shape index (κ2) is 6.38. The van der Waals surface area contributed by atoms with Gasteiger partial charge in [-0.3, -0.25) is 4.79 Å². The molecule has 6 nitrogen and oxygen atoms in total. The minimum absolute atomic E-state index is 0.0466. The van der Waals surface area contributed by atoms with E-state index in [1.54, 1.807) is 0 Å². The summed E-state index contributed by atoms with van der Waals surface area (Å²) in [6, 6.07) is 15.9. The topological polar surface area (TPSA) is 82.7 Å². The van der Waals surface area contributed by atoms with Crippen molar-refractivity contribution in [3.63, 3.8) is 0 Å². The van der Waals surface area contributed by atoms with Gasteiger partial charge in [-0.2, -0.15) is 5.26 Å². The highest BCUT2D eigenvalue weighted by Gasteiger charge is 2.21. The van der Waals surface area contributed by atoms with Crippen LogP contribution in [0, 0.1) is 11.3 Å². The van der Waals surface area contributed by atoms with E-state index in [0.717, 1.165) is 28.0 Å². The van der Waals surface area contributed by atoms with Gasteiger partial charge in [-0.25, -0.2) is 4.98 Å². The molecular formula is C19H17N5O. The van der Waals surface area contributed by atoms with Crippen LogP contribution in [0.3, 0.4) is 0 Å². The van der Waals surface area contributed by atoms with E-state index in [-0.39, 0.29) is 5.91 Å². The van der Waals surface area contributed by atoms with Crippen LogP contribution in [0.15, 0.2) is 42.5 Å². The van der Waals surface area contributed by atoms with Crippen molar-refractivity contribution in [3.8, 4) is 17.5 Å². The predicted molar refractivity (Wildman–Crippen MR) is 94.8 cm³/mol. The van der Waals surface area contributed by atoms with Gasteiger partial charge in [0.05, 0.1) is 29.2 Å². The number of carbonyl (C=O) groups excluding carboxylic acids is 1. The Morgan fingerprint density at radius 1 is 1.24 bits per heavy atom. The van der Waals surface area contributed by atoms with Crippen LogP contribution < -0.4 is 10.6 Å². The van der Waals surface area contributed by atoms with Crippen LogP contribution in [-0.4, -0.2) is 28.5 Å². The van der Waals surface area contributed by atoms with E-state index >= 15 is 0 Å². The lowest BCUT2D eigenvalue weighted by Gasteiger charge is -2.08. The third-order valence-electron chi connectivity index (χ3n) is 4.38. The van der Waals surface area contributed by atoms with E-state index in [0.29, 0.717) is 31.7 Å². The molecule has 2 N–H and O–H groups in total. The van der Waals surface area contributed by atoms with Crippen molar-refractivity contribution in [3.05, 3.63) is 53.6 Å². The summed E-state index contributed by atoms with van der Waals surface area (Å²) in [5.41, 5.74) is 4.53. The summed E-state index contributed by atoms with van der Waals surface area (Å²) in [4.78, 5) is 17.0. The molecule has 0 spiro atoms. The molecule has 3 aromatic rings. The number of carbonyl (C=O) groups is 1. The number of nitrogens with one attached hydrogen (secondary N) is 2. The van der Waals surface area contributed by atoms with E-state index < -0.39 is 0 Å². The van der Waals surface area contributed by atoms with Crippen LogP contribution in [0.25, 0.3) is 22.4 Å². The maximum atomic E-state index is 12.2. The summed E-state index contributed by atoms with van der Waals surface area (Å²) in [5, 5.41) is 14.6. The molecule has 0 aliphatic carbocycles. The Balaban J connectivity index is 1.74. The molecule has 6 heteroatoms. The monoisotopic (exact) mass is 331 g/mol. The number of benzene rings is 2. The molecule has 0 bridgehead atoms. The van der Waals surface area contributed by atoms with E-state index in [2.05, 4.69) is 21.3 Å². The number of amides is 1. The molecule has 0 atom stereocenters. The fourth-order valence-corrected chi connectivity index (χ4v) is 3.22. The van der Waals surface area contributed by atoms with E-state index in [4.69, 9.17) is 10.2 Å². The first kappa shape index (κ1) is 15.4. The van der Waals surface area contributed by atoms with Gasteiger partial charge >= 0.3 is 0 Å². The summed E-state index contributed by atoms with van der Waals surface area (Å²) in [5.74, 6) is 0.824. The molecule has 0 radical (unpaired) electrons. The van der Waals surface area contributed by atoms with Crippen LogP contribution in [0.2, 0.25) is 0 Å². The summed E-state index contributed by atoms with van der Waals surface area (Å²) in [6.45, 7) is 2.27. The standard InChI is InChI=1S/C19H17N5O/c20-8-9-21-12-13-4-6-14(7-5-13)18-23-16-3-1-2-15-17(16)24(18)11-10-22-19(15)25/h1-7,21H,9-12H2,(H,22,25). The molecule has 2 heterocycles. The van der Waals surface area contributed by atoms with Crippen molar-refractivity contribution < 1.29 is 4.79 Å². The summed E-state index contributed by atoms with van der Waals surface area (Å²) in [7, 11) is 0. The number of hydrogen-bond donors (Lipinski definition) is 2. The highest BCUT2D eigenvalue weighted by Crippen LogP contribution is 2.28. The zero-order valence-corrected chi connectivity index (χ0v) is 13.6. The first-order valence-electron chi connectivity index (χ1n) is 8.22. The molecule has 0 saturated heterocycles. The number of nitrogens with zero attached hydrogens (tertiary/aromatic N) is 3. The molecule has 1 amide bonds. The Kier molecular flexibility index (Phi) is 3.92. The molecule has 124 valence electrons. The third-order valence-corrected chi connectivity index (χ3v) is 4.38. The normalized spacial score (nSPS) is 13.3. The number of hydrogen-bond acceptors (Lipinski definition) is 4. The van der Waals surface area contributed by atoms with Gasteiger partial charge in [-0.1, -0.05) is 30.3 Å². The molecule has 2 aromatic carbocycles. The minimum Gasteiger partial charge on any atom is -0.350 e. The average Bonchev–Trinajstić information content (AvgIpc) is 2.92. The Hall–Kier alpha value is -3.17. The first-order chi connectivity index (χ1) is 12.3. The van der Waals surface area contributed by atoms with E-state index in [1.165, 1.54) is 0 Å². The molecule has 4 rings (SSSR count). The van der Waals surface area contributed by atoms with E-state index in [9.17, 15) is 4.79 Å². The highest BCUT2D eigenvalue weighted by atomic mass is 16.1. The number of nitriles is 1. The zero-order valence-electron chi connectivity index (χ0n) is 13.6. The van der Waals surface area contributed by atoms with Crippen LogP contribution in [-0.2, 0) is 13.1 Å². The number of rotatable bonds is 4. The van der Waals surface area contributed by atoms with Crippen molar-refractivity contribution in [2.75, 3.05) is 13.1 Å². The van der Waals surface area contributed by atoms with Crippen LogP contribution in [0.1, 0.15) is 15.9 Å². The molecule has 1 aliphatic rings. The molecule has 25 heavy (non-hydrogen) atoms. The average molecular weight is 331 g/mol. The Morgan fingerprint density at radius 2 is 2.08 bits per heavy atom. The lowest BCUT2D eigenvalue weighted by atomic mass is 10.1. The molecule has 1 aliphatic heterocycles. The van der Waals surface area contributed by atoms with Crippen molar-refractivity contribution in [1.29, 1.82) is 5.26 Å². The van der Waals surface area contributed by atoms with Gasteiger partial charge in [0.2, 0.25) is 0 Å². The molecule has 0 saturated carbocycles. The highest BCUT2D eigenvalue weighted by molar-refractivity contribution is 6.06. The largest absolute Gasteiger partial charge is 0.350 e. The summed E-state index contributed by atoms with van der Waals surface area (Å²) >= 11 is 0. The number of aromatic nitrogens is 2. The molecule has 1 aromatic heterocycles. The van der Waals surface area contributed by atoms with Gasteiger partial charge in [0.15, 0.2) is 0 Å². The Morgan fingerprint density at radius 3 is 2.88 bits per heavy atom. The van der Waals surface area contributed by atoms with Crippen molar-refractivity contribution in [2.45, 2.75) is 13.1 Å². The van der Waals surface area contributed by atoms with Crippen LogP contribution in [0.5, 0.6) is 0 Å². The van der Waals surface area contributed by atoms with Crippen molar-refractivity contribution >= 4 is 16.9 Å². The number of para-hydroxylation sites is 1. The Bertz CT molecular complexity index is 981. The first-order valence-corrected chi connectivity index (χ1v) is 8.22. The lowest BCUT2D eigenvalue weighted by molar-refractivity contribution is 0.0956. The van der Waals surface area contributed by atoms with Crippen molar-refractivity contribution in [1.82, 2.24) is 20.2 Å². The smallest absolute Gasteiger partial charge is 0.253 e. The Labute approximate surface area is 145 Å². The maximum absolute atomic E-state index is 12.2. The third kappa shape index (κ3) is 2.75. The predicted octanol–water partition coefficient (Wildman–Crippen LogP) is 2.06. The quantitative estimate of drug-likeness (QED) is 0.566. The van der Waals surface area contributed by atoms with Gasteiger partial charge < -0.3 is 15.2 Å². The summed E-state index contributed by atoms with van der Waals surface area (Å²) in [6.07, 6.45) is 0. The number of imidazole rings is 1. The van der Waals surface area contributed by atoms with Gasteiger partial charge in [-0.15, -0.1) is 0 Å². The zero-order chi connectivity index (χ0) is 17.2. The lowest BCUT2D eigenvalue weighted by Crippen LogP contribution is -2.24. The van der Waals surface area contributed by atoms with Gasteiger partial charge in [0.25, 0.3) is 5.91 Å². The van der Waals surface area contributed by atoms with E-state index in [1.807, 2.05) is 42.5 Å². The fourth-order valence-electron chi connectivity index (χ4n) is 3.22. The van der Waals surface area contributed by atoms with Gasteiger partial charge in [0, 0.05) is 25.2 Å². The van der Waals surface area contributed by atoms with Crippen molar-refractivity contribution in [2.24, 2.45) is 0 Å².